The minimum absolute atomic E-state index is 0.155. The van der Waals surface area contributed by atoms with Crippen LogP contribution in [0.25, 0.3) is 0 Å². The first-order valence-electron chi connectivity index (χ1n) is 6.05. The van der Waals surface area contributed by atoms with Crippen molar-refractivity contribution in [3.8, 4) is 0 Å². The third-order valence-corrected chi connectivity index (χ3v) is 3.65. The molecule has 0 aromatic rings. The van der Waals surface area contributed by atoms with Crippen molar-refractivity contribution in [2.24, 2.45) is 17.1 Å². The van der Waals surface area contributed by atoms with Crippen LogP contribution in [0.15, 0.2) is 0 Å². The molecule has 3 N–H and O–H groups in total. The largest absolute Gasteiger partial charge is 0.393 e. The van der Waals surface area contributed by atoms with Crippen LogP contribution in [-0.4, -0.2) is 42.3 Å². The minimum Gasteiger partial charge on any atom is -0.393 e. The van der Waals surface area contributed by atoms with E-state index in [1.54, 1.807) is 0 Å². The topological polar surface area (TPSA) is 49.5 Å². The summed E-state index contributed by atoms with van der Waals surface area (Å²) >= 11 is 0. The molecule has 0 aromatic heterocycles. The quantitative estimate of drug-likeness (QED) is 0.719. The average Bonchev–Trinajstić information content (AvgIpc) is 2.63. The summed E-state index contributed by atoms with van der Waals surface area (Å²) in [5.41, 5.74) is 5.96. The zero-order valence-electron chi connectivity index (χ0n) is 10.4. The molecule has 1 fully saturated rings. The van der Waals surface area contributed by atoms with Gasteiger partial charge in [-0.15, -0.1) is 0 Å². The predicted octanol–water partition coefficient (Wildman–Crippen LogP) is 1.06. The van der Waals surface area contributed by atoms with Crippen LogP contribution in [0.2, 0.25) is 0 Å². The zero-order chi connectivity index (χ0) is 11.5. The maximum atomic E-state index is 9.50. The Morgan fingerprint density at radius 1 is 1.53 bits per heavy atom. The third-order valence-electron chi connectivity index (χ3n) is 3.65. The van der Waals surface area contributed by atoms with Crippen molar-refractivity contribution in [3.05, 3.63) is 0 Å². The van der Waals surface area contributed by atoms with E-state index in [2.05, 4.69) is 18.7 Å². The molecule has 1 saturated heterocycles. The predicted molar refractivity (Wildman–Crippen MR) is 63.7 cm³/mol. The summed E-state index contributed by atoms with van der Waals surface area (Å²) in [6.07, 6.45) is 2.13. The summed E-state index contributed by atoms with van der Waals surface area (Å²) in [5.74, 6) is 0.478. The molecule has 0 aromatic carbocycles. The fourth-order valence-electron chi connectivity index (χ4n) is 2.02. The van der Waals surface area contributed by atoms with Crippen molar-refractivity contribution in [2.75, 3.05) is 26.2 Å². The fourth-order valence-corrected chi connectivity index (χ4v) is 2.02. The van der Waals surface area contributed by atoms with Crippen LogP contribution < -0.4 is 5.73 Å². The van der Waals surface area contributed by atoms with Crippen LogP contribution in [0.5, 0.6) is 0 Å². The van der Waals surface area contributed by atoms with Crippen LogP contribution in [0.1, 0.15) is 33.6 Å². The van der Waals surface area contributed by atoms with E-state index in [1.807, 2.05) is 6.92 Å². The second kappa shape index (κ2) is 5.28. The highest BCUT2D eigenvalue weighted by molar-refractivity contribution is 4.80. The van der Waals surface area contributed by atoms with E-state index < -0.39 is 0 Å². The molecule has 1 aliphatic heterocycles. The van der Waals surface area contributed by atoms with Gasteiger partial charge in [-0.05, 0) is 50.7 Å². The summed E-state index contributed by atoms with van der Waals surface area (Å²) in [6.45, 7) is 10.4. The Balaban J connectivity index is 2.25. The van der Waals surface area contributed by atoms with Crippen LogP contribution in [-0.2, 0) is 0 Å². The van der Waals surface area contributed by atoms with Gasteiger partial charge in [-0.3, -0.25) is 0 Å². The molecule has 1 rings (SSSR count). The van der Waals surface area contributed by atoms with E-state index in [1.165, 1.54) is 0 Å². The Morgan fingerprint density at radius 2 is 2.20 bits per heavy atom. The van der Waals surface area contributed by atoms with E-state index in [-0.39, 0.29) is 11.5 Å². The number of rotatable bonds is 5. The summed E-state index contributed by atoms with van der Waals surface area (Å²) in [4.78, 5) is 2.45. The normalized spacial score (nSPS) is 25.8. The Morgan fingerprint density at radius 3 is 2.67 bits per heavy atom. The van der Waals surface area contributed by atoms with Gasteiger partial charge in [0.2, 0.25) is 0 Å². The monoisotopic (exact) mass is 214 g/mol. The van der Waals surface area contributed by atoms with E-state index in [0.29, 0.717) is 5.92 Å². The smallest absolute Gasteiger partial charge is 0.0552 e. The first-order valence-corrected chi connectivity index (χ1v) is 6.05. The van der Waals surface area contributed by atoms with Crippen LogP contribution in [0.4, 0.5) is 0 Å². The Bertz CT molecular complexity index is 192. The van der Waals surface area contributed by atoms with Gasteiger partial charge in [0.25, 0.3) is 0 Å². The van der Waals surface area contributed by atoms with E-state index in [9.17, 15) is 5.11 Å². The number of nitrogens with two attached hydrogens (primary N) is 1. The van der Waals surface area contributed by atoms with Gasteiger partial charge in [-0.1, -0.05) is 13.8 Å². The van der Waals surface area contributed by atoms with Gasteiger partial charge in [0, 0.05) is 6.54 Å². The standard InChI is InChI=1S/C12H26N2O/c1-10(15)11-4-6-14(8-11)7-5-12(2,3)9-13/h10-11,15H,4-9,13H2,1-3H3. The molecule has 0 saturated carbocycles. The molecule has 2 atom stereocenters. The van der Waals surface area contributed by atoms with Gasteiger partial charge in [-0.2, -0.15) is 0 Å². The maximum absolute atomic E-state index is 9.50. The maximum Gasteiger partial charge on any atom is 0.0552 e. The van der Waals surface area contributed by atoms with Crippen molar-refractivity contribution in [2.45, 2.75) is 39.7 Å². The van der Waals surface area contributed by atoms with Gasteiger partial charge in [0.1, 0.15) is 0 Å². The molecule has 3 nitrogen and oxygen atoms in total. The molecule has 3 heteroatoms. The number of likely N-dealkylation sites (tertiary alicyclic amines) is 1. The molecule has 0 bridgehead atoms. The highest BCUT2D eigenvalue weighted by Gasteiger charge is 2.27. The number of nitrogens with zero attached hydrogens (tertiary/aromatic N) is 1. The van der Waals surface area contributed by atoms with E-state index >= 15 is 0 Å². The molecule has 90 valence electrons. The van der Waals surface area contributed by atoms with Crippen molar-refractivity contribution in [1.29, 1.82) is 0 Å². The van der Waals surface area contributed by atoms with Gasteiger partial charge >= 0.3 is 0 Å². The van der Waals surface area contributed by atoms with Crippen LogP contribution >= 0.6 is 0 Å². The molecule has 0 aliphatic carbocycles. The van der Waals surface area contributed by atoms with Gasteiger partial charge in [0.05, 0.1) is 6.10 Å². The van der Waals surface area contributed by atoms with Crippen molar-refractivity contribution >= 4 is 0 Å². The Kier molecular flexibility index (Phi) is 4.56. The number of aliphatic hydroxyl groups is 1. The lowest BCUT2D eigenvalue weighted by Gasteiger charge is -2.26. The summed E-state index contributed by atoms with van der Waals surface area (Å²) in [5, 5.41) is 9.50. The van der Waals surface area contributed by atoms with Crippen LogP contribution in [0, 0.1) is 11.3 Å². The molecular formula is C12H26N2O. The van der Waals surface area contributed by atoms with Gasteiger partial charge in [0.15, 0.2) is 0 Å². The highest BCUT2D eigenvalue weighted by atomic mass is 16.3. The summed E-state index contributed by atoms with van der Waals surface area (Å²) in [7, 11) is 0. The first kappa shape index (κ1) is 12.9. The SMILES string of the molecule is CC(O)C1CCN(CCC(C)(C)CN)C1. The van der Waals surface area contributed by atoms with Crippen molar-refractivity contribution < 1.29 is 5.11 Å². The van der Waals surface area contributed by atoms with Gasteiger partial charge < -0.3 is 15.7 Å². The molecule has 0 amide bonds. The van der Waals surface area contributed by atoms with E-state index in [4.69, 9.17) is 5.73 Å². The third kappa shape index (κ3) is 4.09. The van der Waals surface area contributed by atoms with Crippen LogP contribution in [0.3, 0.4) is 0 Å². The lowest BCUT2D eigenvalue weighted by molar-refractivity contribution is 0.126. The number of aliphatic hydroxyl groups excluding tert-OH is 1. The molecule has 1 heterocycles. The lowest BCUT2D eigenvalue weighted by atomic mass is 9.89. The molecule has 1 aliphatic rings. The number of hydrogen-bond acceptors (Lipinski definition) is 3. The lowest BCUT2D eigenvalue weighted by Crippen LogP contribution is -2.31. The summed E-state index contributed by atoms with van der Waals surface area (Å²) in [6, 6.07) is 0. The second-order valence-corrected chi connectivity index (χ2v) is 5.71. The number of hydrogen-bond donors (Lipinski definition) is 2. The van der Waals surface area contributed by atoms with Crippen molar-refractivity contribution in [3.63, 3.8) is 0 Å². The highest BCUT2D eigenvalue weighted by Crippen LogP contribution is 2.23. The Labute approximate surface area is 93.6 Å². The van der Waals surface area contributed by atoms with Gasteiger partial charge in [-0.25, -0.2) is 0 Å². The molecule has 2 unspecified atom stereocenters. The first-order chi connectivity index (χ1) is 6.94. The average molecular weight is 214 g/mol. The van der Waals surface area contributed by atoms with Crippen molar-refractivity contribution in [1.82, 2.24) is 4.90 Å². The zero-order valence-corrected chi connectivity index (χ0v) is 10.4. The second-order valence-electron chi connectivity index (χ2n) is 5.71. The molecule has 15 heavy (non-hydrogen) atoms. The fraction of sp³-hybridized carbons (Fsp3) is 1.00. The summed E-state index contributed by atoms with van der Waals surface area (Å²) < 4.78 is 0. The van der Waals surface area contributed by atoms with E-state index in [0.717, 1.165) is 39.0 Å². The molecule has 0 radical (unpaired) electrons. The molecular weight excluding hydrogens is 188 g/mol. The Hall–Kier alpha value is -0.120. The minimum atomic E-state index is -0.155. The molecule has 0 spiro atoms.